The molecule has 0 aliphatic rings. The summed E-state index contributed by atoms with van der Waals surface area (Å²) in [4.78, 5) is 0. The molecule has 2 heteroatoms. The van der Waals surface area contributed by atoms with Gasteiger partial charge in [0, 0.05) is 5.56 Å². The highest BCUT2D eigenvalue weighted by molar-refractivity contribution is 5.26. The lowest BCUT2D eigenvalue weighted by molar-refractivity contribution is 0.521. The molecule has 0 aliphatic heterocycles. The minimum absolute atomic E-state index is 0.0151. The lowest BCUT2D eigenvalue weighted by atomic mass is 10.1. The Balaban J connectivity index is 2.68. The molecule has 1 atom stereocenters. The summed E-state index contributed by atoms with van der Waals surface area (Å²) in [6, 6.07) is 1.90. The van der Waals surface area contributed by atoms with Crippen LogP contribution >= 0.6 is 0 Å². The lowest BCUT2D eigenvalue weighted by Crippen LogP contribution is -2.20. The zero-order valence-electron chi connectivity index (χ0n) is 8.13. The summed E-state index contributed by atoms with van der Waals surface area (Å²) in [5, 5.41) is 3.27. The van der Waals surface area contributed by atoms with Crippen molar-refractivity contribution in [3.63, 3.8) is 0 Å². The van der Waals surface area contributed by atoms with Crippen LogP contribution in [0.25, 0.3) is 0 Å². The van der Waals surface area contributed by atoms with E-state index in [0.29, 0.717) is 0 Å². The number of rotatable bonds is 4. The average Bonchev–Trinajstić information content (AvgIpc) is 2.54. The van der Waals surface area contributed by atoms with E-state index >= 15 is 0 Å². The standard InChI is InChI=1S/C11H15NO/c1-4-7-12-11(5-2)10-6-8-13-9(10)3/h2,6,8,11-12H,4,7H2,1,3H3. The number of nitrogens with one attached hydrogen (secondary N) is 1. The maximum absolute atomic E-state index is 5.42. The molecule has 0 aromatic carbocycles. The summed E-state index contributed by atoms with van der Waals surface area (Å²) in [6.45, 7) is 4.97. The van der Waals surface area contributed by atoms with Crippen molar-refractivity contribution in [1.29, 1.82) is 0 Å². The molecule has 1 heterocycles. The highest BCUT2D eigenvalue weighted by atomic mass is 16.3. The van der Waals surface area contributed by atoms with Gasteiger partial charge in [0.05, 0.1) is 12.3 Å². The molecule has 1 unspecified atom stereocenters. The summed E-state index contributed by atoms with van der Waals surface area (Å²) in [5.74, 6) is 3.60. The third-order valence-electron chi connectivity index (χ3n) is 1.98. The number of hydrogen-bond donors (Lipinski definition) is 1. The maximum atomic E-state index is 5.42. The lowest BCUT2D eigenvalue weighted by Gasteiger charge is -2.10. The van der Waals surface area contributed by atoms with Crippen LogP contribution in [0.5, 0.6) is 0 Å². The van der Waals surface area contributed by atoms with E-state index in [1.807, 2.05) is 13.0 Å². The fourth-order valence-electron chi connectivity index (χ4n) is 1.24. The van der Waals surface area contributed by atoms with Crippen LogP contribution in [0.2, 0.25) is 0 Å². The minimum Gasteiger partial charge on any atom is -0.469 e. The quantitative estimate of drug-likeness (QED) is 0.714. The van der Waals surface area contributed by atoms with Crippen LogP contribution in [0.4, 0.5) is 0 Å². The van der Waals surface area contributed by atoms with Gasteiger partial charge in [0.1, 0.15) is 5.76 Å². The molecule has 70 valence electrons. The van der Waals surface area contributed by atoms with Gasteiger partial charge in [-0.15, -0.1) is 6.42 Å². The number of aryl methyl sites for hydroxylation is 1. The molecule has 13 heavy (non-hydrogen) atoms. The van der Waals surface area contributed by atoms with Gasteiger partial charge < -0.3 is 4.42 Å². The van der Waals surface area contributed by atoms with Crippen molar-refractivity contribution in [2.24, 2.45) is 0 Å². The molecular weight excluding hydrogens is 162 g/mol. The summed E-state index contributed by atoms with van der Waals surface area (Å²) in [5.41, 5.74) is 1.07. The molecule has 0 spiro atoms. The molecule has 1 rings (SSSR count). The first kappa shape index (κ1) is 9.88. The third-order valence-corrected chi connectivity index (χ3v) is 1.98. The second-order valence-electron chi connectivity index (χ2n) is 2.99. The van der Waals surface area contributed by atoms with E-state index in [0.717, 1.165) is 24.3 Å². The molecule has 0 aliphatic carbocycles. The highest BCUT2D eigenvalue weighted by Gasteiger charge is 2.11. The zero-order valence-corrected chi connectivity index (χ0v) is 8.13. The van der Waals surface area contributed by atoms with Crippen LogP contribution in [0.15, 0.2) is 16.7 Å². The summed E-state index contributed by atoms with van der Waals surface area (Å²) in [7, 11) is 0. The van der Waals surface area contributed by atoms with Crippen LogP contribution < -0.4 is 5.32 Å². The summed E-state index contributed by atoms with van der Waals surface area (Å²) in [6.07, 6.45) is 8.17. The largest absolute Gasteiger partial charge is 0.469 e. The second-order valence-corrected chi connectivity index (χ2v) is 2.99. The first-order valence-corrected chi connectivity index (χ1v) is 4.53. The Hall–Kier alpha value is -1.20. The van der Waals surface area contributed by atoms with Crippen molar-refractivity contribution in [2.75, 3.05) is 6.54 Å². The van der Waals surface area contributed by atoms with Gasteiger partial charge in [-0.25, -0.2) is 0 Å². The molecule has 0 saturated heterocycles. The Morgan fingerprint density at radius 3 is 2.92 bits per heavy atom. The first-order valence-electron chi connectivity index (χ1n) is 4.53. The number of terminal acetylenes is 1. The Morgan fingerprint density at radius 1 is 1.69 bits per heavy atom. The van der Waals surface area contributed by atoms with E-state index in [2.05, 4.69) is 18.2 Å². The molecular formula is C11H15NO. The topological polar surface area (TPSA) is 25.2 Å². The first-order chi connectivity index (χ1) is 6.29. The molecule has 0 amide bonds. The van der Waals surface area contributed by atoms with E-state index in [9.17, 15) is 0 Å². The van der Waals surface area contributed by atoms with Crippen LogP contribution in [0, 0.1) is 19.3 Å². The van der Waals surface area contributed by atoms with E-state index in [-0.39, 0.29) is 6.04 Å². The molecule has 1 N–H and O–H groups in total. The van der Waals surface area contributed by atoms with Crippen molar-refractivity contribution in [1.82, 2.24) is 5.32 Å². The van der Waals surface area contributed by atoms with Gasteiger partial charge in [0.2, 0.25) is 0 Å². The number of furan rings is 1. The number of hydrogen-bond acceptors (Lipinski definition) is 2. The van der Waals surface area contributed by atoms with E-state index in [1.165, 1.54) is 0 Å². The predicted molar refractivity (Wildman–Crippen MR) is 53.3 cm³/mol. The van der Waals surface area contributed by atoms with Crippen molar-refractivity contribution < 1.29 is 4.42 Å². The molecule has 1 aromatic rings. The van der Waals surface area contributed by atoms with Crippen LogP contribution in [0.3, 0.4) is 0 Å². The van der Waals surface area contributed by atoms with Gasteiger partial charge >= 0.3 is 0 Å². The van der Waals surface area contributed by atoms with E-state index in [4.69, 9.17) is 10.8 Å². The van der Waals surface area contributed by atoms with Gasteiger partial charge in [0.15, 0.2) is 0 Å². The van der Waals surface area contributed by atoms with Gasteiger partial charge in [-0.1, -0.05) is 12.8 Å². The van der Waals surface area contributed by atoms with Crippen LogP contribution in [-0.4, -0.2) is 6.54 Å². The fraction of sp³-hybridized carbons (Fsp3) is 0.455. The maximum Gasteiger partial charge on any atom is 0.106 e. The van der Waals surface area contributed by atoms with Gasteiger partial charge in [-0.3, -0.25) is 5.32 Å². The van der Waals surface area contributed by atoms with Gasteiger partial charge in [0.25, 0.3) is 0 Å². The monoisotopic (exact) mass is 177 g/mol. The summed E-state index contributed by atoms with van der Waals surface area (Å²) >= 11 is 0. The minimum atomic E-state index is -0.0151. The molecule has 2 nitrogen and oxygen atoms in total. The van der Waals surface area contributed by atoms with Crippen LogP contribution in [0.1, 0.15) is 30.7 Å². The van der Waals surface area contributed by atoms with Gasteiger partial charge in [-0.2, -0.15) is 0 Å². The molecule has 1 aromatic heterocycles. The second kappa shape index (κ2) is 4.74. The zero-order chi connectivity index (χ0) is 9.68. The van der Waals surface area contributed by atoms with Crippen molar-refractivity contribution in [3.05, 3.63) is 23.7 Å². The molecule has 0 radical (unpaired) electrons. The van der Waals surface area contributed by atoms with E-state index in [1.54, 1.807) is 6.26 Å². The molecule has 0 saturated carbocycles. The normalized spacial score (nSPS) is 12.4. The molecule has 0 bridgehead atoms. The summed E-state index contributed by atoms with van der Waals surface area (Å²) < 4.78 is 5.19. The average molecular weight is 177 g/mol. The van der Waals surface area contributed by atoms with E-state index < -0.39 is 0 Å². The van der Waals surface area contributed by atoms with Crippen molar-refractivity contribution in [3.8, 4) is 12.3 Å². The van der Waals surface area contributed by atoms with Crippen molar-refractivity contribution in [2.45, 2.75) is 26.3 Å². The van der Waals surface area contributed by atoms with Crippen LogP contribution in [-0.2, 0) is 0 Å². The Kier molecular flexibility index (Phi) is 3.60. The Morgan fingerprint density at radius 2 is 2.46 bits per heavy atom. The Labute approximate surface area is 79.3 Å². The van der Waals surface area contributed by atoms with Crippen molar-refractivity contribution >= 4 is 0 Å². The predicted octanol–water partition coefficient (Wildman–Crippen LogP) is 2.26. The molecule has 0 fully saturated rings. The Bertz CT molecular complexity index is 295. The highest BCUT2D eigenvalue weighted by Crippen LogP contribution is 2.17. The third kappa shape index (κ3) is 2.37. The SMILES string of the molecule is C#CC(NCCC)c1ccoc1C. The van der Waals surface area contributed by atoms with Gasteiger partial charge in [-0.05, 0) is 26.0 Å². The smallest absolute Gasteiger partial charge is 0.106 e. The fourth-order valence-corrected chi connectivity index (χ4v) is 1.24.